The fraction of sp³-hybridized carbons (Fsp3) is 0.321. The molecule has 6 rings (SSSR count). The van der Waals surface area contributed by atoms with Crippen molar-refractivity contribution < 1.29 is 19.2 Å². The molecule has 1 spiro atoms. The number of ether oxygens (including phenoxy) is 2. The second-order valence-electron chi connectivity index (χ2n) is 9.87. The predicted octanol–water partition coefficient (Wildman–Crippen LogP) is 5.85. The van der Waals surface area contributed by atoms with E-state index in [2.05, 4.69) is 42.1 Å². The van der Waals surface area contributed by atoms with Crippen LogP contribution in [0.1, 0.15) is 35.4 Å². The molecule has 3 aliphatic heterocycles. The number of fused-ring (bicyclic) bond motifs is 4. The first-order valence-corrected chi connectivity index (χ1v) is 14.0. The van der Waals surface area contributed by atoms with E-state index in [-0.39, 0.29) is 16.9 Å². The molecule has 3 heterocycles. The summed E-state index contributed by atoms with van der Waals surface area (Å²) in [5.41, 5.74) is 1.71. The Bertz CT molecular complexity index is 1430. The molecule has 196 valence electrons. The molecule has 0 unspecified atom stereocenters. The number of halogens is 2. The number of nitrogens with zero attached hydrogens (tertiary/aromatic N) is 2. The first-order chi connectivity index (χ1) is 18.4. The molecule has 2 saturated heterocycles. The van der Waals surface area contributed by atoms with Gasteiger partial charge in [0.05, 0.1) is 17.5 Å². The van der Waals surface area contributed by atoms with Gasteiger partial charge in [-0.15, -0.1) is 0 Å². The van der Waals surface area contributed by atoms with Crippen molar-refractivity contribution in [1.29, 1.82) is 0 Å². The summed E-state index contributed by atoms with van der Waals surface area (Å²) >= 11 is 7.08. The molecule has 0 radical (unpaired) electrons. The maximum Gasteiger partial charge on any atom is 0.256 e. The van der Waals surface area contributed by atoms with Crippen LogP contribution in [0.2, 0.25) is 0 Å². The fourth-order valence-electron chi connectivity index (χ4n) is 6.58. The van der Waals surface area contributed by atoms with Gasteiger partial charge >= 0.3 is 0 Å². The smallest absolute Gasteiger partial charge is 0.256 e. The average Bonchev–Trinajstić information content (AvgIpc) is 3.57. The molecule has 4 atom stereocenters. The Morgan fingerprint density at radius 1 is 1.16 bits per heavy atom. The number of para-hydroxylation sites is 1. The molecule has 3 aliphatic rings. The summed E-state index contributed by atoms with van der Waals surface area (Å²) in [6, 6.07) is 17.6. The van der Waals surface area contributed by atoms with Gasteiger partial charge in [-0.1, -0.05) is 46.3 Å². The highest BCUT2D eigenvalue weighted by Gasteiger charge is 2.73. The molecule has 10 heteroatoms. The molecular formula is C28H25Br2N3O5. The van der Waals surface area contributed by atoms with Gasteiger partial charge in [0.1, 0.15) is 6.61 Å². The van der Waals surface area contributed by atoms with Gasteiger partial charge < -0.3 is 14.8 Å². The fourth-order valence-corrected chi connectivity index (χ4v) is 7.42. The third-order valence-corrected chi connectivity index (χ3v) is 9.14. The molecule has 38 heavy (non-hydrogen) atoms. The maximum atomic E-state index is 13.7. The van der Waals surface area contributed by atoms with Crippen LogP contribution in [0.4, 0.5) is 5.69 Å². The number of rotatable bonds is 6. The molecule has 1 amide bonds. The molecule has 0 saturated carbocycles. The largest absolute Gasteiger partial charge is 0.493 e. The Balaban J connectivity index is 1.42. The van der Waals surface area contributed by atoms with Crippen molar-refractivity contribution in [3.8, 4) is 11.5 Å². The second-order valence-corrected chi connectivity index (χ2v) is 11.6. The minimum atomic E-state index is -1.36. The number of nitro groups is 1. The third-order valence-electron chi connectivity index (χ3n) is 8.03. The van der Waals surface area contributed by atoms with Gasteiger partial charge in [0.15, 0.2) is 17.0 Å². The maximum absolute atomic E-state index is 13.7. The van der Waals surface area contributed by atoms with Gasteiger partial charge in [-0.3, -0.25) is 19.8 Å². The monoisotopic (exact) mass is 641 g/mol. The van der Waals surface area contributed by atoms with E-state index in [0.29, 0.717) is 40.4 Å². The van der Waals surface area contributed by atoms with E-state index < -0.39 is 17.5 Å². The number of methoxy groups -OCH3 is 1. The second kappa shape index (κ2) is 9.66. The summed E-state index contributed by atoms with van der Waals surface area (Å²) < 4.78 is 13.5. The van der Waals surface area contributed by atoms with Crippen LogP contribution in [0.3, 0.4) is 0 Å². The first-order valence-electron chi connectivity index (χ1n) is 12.4. The summed E-state index contributed by atoms with van der Waals surface area (Å²) in [7, 11) is 1.56. The van der Waals surface area contributed by atoms with Crippen LogP contribution in [0.5, 0.6) is 11.5 Å². The van der Waals surface area contributed by atoms with Gasteiger partial charge in [0.25, 0.3) is 11.9 Å². The lowest BCUT2D eigenvalue weighted by Crippen LogP contribution is -2.55. The summed E-state index contributed by atoms with van der Waals surface area (Å²) in [6.45, 7) is 0.957. The molecule has 0 aromatic heterocycles. The molecule has 1 N–H and O–H groups in total. The van der Waals surface area contributed by atoms with Gasteiger partial charge in [-0.05, 0) is 70.2 Å². The zero-order valence-electron chi connectivity index (χ0n) is 20.5. The number of amides is 1. The number of carbonyl (C=O) groups excluding carboxylic acids is 1. The van der Waals surface area contributed by atoms with E-state index in [0.717, 1.165) is 28.4 Å². The van der Waals surface area contributed by atoms with Crippen LogP contribution >= 0.6 is 31.9 Å². The average molecular weight is 643 g/mol. The van der Waals surface area contributed by atoms with Crippen molar-refractivity contribution in [3.05, 3.63) is 96.4 Å². The number of hydrogen-bond acceptors (Lipinski definition) is 6. The first kappa shape index (κ1) is 25.3. The van der Waals surface area contributed by atoms with Crippen LogP contribution in [0, 0.1) is 10.1 Å². The Morgan fingerprint density at radius 2 is 1.92 bits per heavy atom. The third kappa shape index (κ3) is 3.76. The SMILES string of the molecule is COc1cc([C@@H]2[C@@H]3CCCN3[C@@]3(C(=O)Nc4ccccc43)[C@@H]2[N+](=O)[O-])cc(Br)c1OCc1ccc(Br)cc1. The van der Waals surface area contributed by atoms with Crippen molar-refractivity contribution in [2.24, 2.45) is 0 Å². The van der Waals surface area contributed by atoms with Crippen molar-refractivity contribution in [2.45, 2.75) is 43.0 Å². The number of hydrogen-bond donors (Lipinski definition) is 1. The number of anilines is 1. The summed E-state index contributed by atoms with van der Waals surface area (Å²) in [5, 5.41) is 15.8. The van der Waals surface area contributed by atoms with E-state index in [4.69, 9.17) is 9.47 Å². The zero-order chi connectivity index (χ0) is 26.6. The van der Waals surface area contributed by atoms with Crippen LogP contribution in [-0.2, 0) is 16.9 Å². The molecule has 2 fully saturated rings. The van der Waals surface area contributed by atoms with Crippen molar-refractivity contribution in [2.75, 3.05) is 19.0 Å². The van der Waals surface area contributed by atoms with E-state index >= 15 is 0 Å². The van der Waals surface area contributed by atoms with Crippen molar-refractivity contribution in [1.82, 2.24) is 4.90 Å². The summed E-state index contributed by atoms with van der Waals surface area (Å²) in [4.78, 5) is 28.3. The summed E-state index contributed by atoms with van der Waals surface area (Å²) in [6.07, 6.45) is 1.64. The number of carbonyl (C=O) groups is 1. The van der Waals surface area contributed by atoms with Crippen molar-refractivity contribution >= 4 is 43.5 Å². The molecule has 0 bridgehead atoms. The Morgan fingerprint density at radius 3 is 2.66 bits per heavy atom. The van der Waals surface area contributed by atoms with E-state index in [9.17, 15) is 14.9 Å². The minimum Gasteiger partial charge on any atom is -0.493 e. The molecule has 3 aromatic rings. The lowest BCUT2D eigenvalue weighted by atomic mass is 9.77. The Kier molecular flexibility index (Phi) is 6.44. The van der Waals surface area contributed by atoms with E-state index in [1.165, 1.54) is 0 Å². The van der Waals surface area contributed by atoms with Gasteiger partial charge in [0.2, 0.25) is 0 Å². The summed E-state index contributed by atoms with van der Waals surface area (Å²) in [5.74, 6) is 0.164. The number of benzene rings is 3. The van der Waals surface area contributed by atoms with E-state index in [1.54, 1.807) is 7.11 Å². The van der Waals surface area contributed by atoms with Crippen LogP contribution in [0.25, 0.3) is 0 Å². The van der Waals surface area contributed by atoms with Crippen LogP contribution in [0.15, 0.2) is 69.6 Å². The minimum absolute atomic E-state index is 0.159. The Hall–Kier alpha value is -2.95. The van der Waals surface area contributed by atoms with Crippen LogP contribution < -0.4 is 14.8 Å². The zero-order valence-corrected chi connectivity index (χ0v) is 23.7. The quantitative estimate of drug-likeness (QED) is 0.268. The number of nitrogens with one attached hydrogen (secondary N) is 1. The highest BCUT2D eigenvalue weighted by molar-refractivity contribution is 9.10. The molecule has 8 nitrogen and oxygen atoms in total. The molecule has 0 aliphatic carbocycles. The standard InChI is InChI=1S/C28H25Br2N3O5/c1-37-23-14-17(13-20(30)25(23)38-15-16-8-10-18(29)11-9-16)24-22-7-4-12-32(22)28(26(24)33(35)36)19-5-2-3-6-21(19)31-27(28)34/h2-3,5-6,8-11,13-14,22,24,26H,4,7,12,15H2,1H3,(H,31,34)/t22-,24+,26+,28+/m0/s1. The lowest BCUT2D eigenvalue weighted by Gasteiger charge is -2.32. The van der Waals surface area contributed by atoms with E-state index in [1.807, 2.05) is 60.7 Å². The van der Waals surface area contributed by atoms with Crippen LogP contribution in [-0.4, -0.2) is 41.5 Å². The van der Waals surface area contributed by atoms with Crippen molar-refractivity contribution in [3.63, 3.8) is 0 Å². The topological polar surface area (TPSA) is 93.9 Å². The molecular weight excluding hydrogens is 618 g/mol. The Labute approximate surface area is 236 Å². The van der Waals surface area contributed by atoms with Gasteiger partial charge in [0, 0.05) is 33.2 Å². The van der Waals surface area contributed by atoms with Gasteiger partial charge in [-0.25, -0.2) is 0 Å². The normalized spacial score (nSPS) is 25.8. The highest BCUT2D eigenvalue weighted by atomic mass is 79.9. The van der Waals surface area contributed by atoms with Gasteiger partial charge in [-0.2, -0.15) is 0 Å². The highest BCUT2D eigenvalue weighted by Crippen LogP contribution is 2.58. The lowest BCUT2D eigenvalue weighted by molar-refractivity contribution is -0.534. The predicted molar refractivity (Wildman–Crippen MR) is 149 cm³/mol. The molecule has 3 aromatic carbocycles.